The molecule has 0 aliphatic carbocycles. The van der Waals surface area contributed by atoms with Gasteiger partial charge in [0.05, 0.1) is 0 Å². The fraction of sp³-hybridized carbons (Fsp3) is 0.143. The standard InChI is InChI=1S/2C7H9.2C7H7.Zr/c2*1-6-3-4-7(2)5-6;2*1-7-5-3-2-4-6-7;/h2*3-5H,1-2H3;2*2-6H,1H2;/q4*-1;+4. The van der Waals surface area contributed by atoms with Crippen LogP contribution in [0.3, 0.4) is 0 Å². The van der Waals surface area contributed by atoms with Gasteiger partial charge in [0.25, 0.3) is 0 Å². The van der Waals surface area contributed by atoms with Crippen molar-refractivity contribution in [3.05, 3.63) is 144 Å². The number of hydrogen-bond acceptors (Lipinski definition) is 0. The van der Waals surface area contributed by atoms with E-state index in [2.05, 4.69) is 77.9 Å². The second kappa shape index (κ2) is 15.7. The molecule has 0 N–H and O–H groups in total. The van der Waals surface area contributed by atoms with Gasteiger partial charge in [-0.3, -0.25) is 0 Å². The van der Waals surface area contributed by atoms with E-state index in [9.17, 15) is 0 Å². The smallest absolute Gasteiger partial charge is 0.211 e. The van der Waals surface area contributed by atoms with Crippen molar-refractivity contribution in [2.24, 2.45) is 0 Å². The summed E-state index contributed by atoms with van der Waals surface area (Å²) >= 11 is 0. The second-order valence-corrected chi connectivity index (χ2v) is 6.90. The Morgan fingerprint density at radius 3 is 0.966 bits per heavy atom. The average Bonchev–Trinajstić information content (AvgIpc) is 3.24. The molecule has 0 atom stereocenters. The first kappa shape index (κ1) is 26.8. The Labute approximate surface area is 197 Å². The van der Waals surface area contributed by atoms with Crippen LogP contribution in [0.4, 0.5) is 0 Å². The topological polar surface area (TPSA) is 0 Å². The van der Waals surface area contributed by atoms with E-state index in [0.29, 0.717) is 0 Å². The molecule has 0 fully saturated rings. The Hall–Kier alpha value is -2.24. The van der Waals surface area contributed by atoms with Gasteiger partial charge in [-0.25, -0.2) is 23.3 Å². The van der Waals surface area contributed by atoms with Gasteiger partial charge in [-0.2, -0.15) is 84.6 Å². The van der Waals surface area contributed by atoms with Crippen LogP contribution in [0.1, 0.15) is 33.4 Å². The molecule has 0 spiro atoms. The number of aryl methyl sites for hydroxylation is 4. The van der Waals surface area contributed by atoms with Gasteiger partial charge in [0.2, 0.25) is 0 Å². The van der Waals surface area contributed by atoms with Gasteiger partial charge in [0, 0.05) is 0 Å². The molecule has 4 aromatic carbocycles. The summed E-state index contributed by atoms with van der Waals surface area (Å²) < 4.78 is 0. The Kier molecular flexibility index (Phi) is 14.5. The Morgan fingerprint density at radius 1 is 0.552 bits per heavy atom. The van der Waals surface area contributed by atoms with Crippen molar-refractivity contribution in [2.75, 3.05) is 0 Å². The summed E-state index contributed by atoms with van der Waals surface area (Å²) in [7, 11) is 0. The fourth-order valence-electron chi connectivity index (χ4n) is 2.39. The van der Waals surface area contributed by atoms with Crippen LogP contribution in [-0.2, 0) is 26.2 Å². The molecule has 0 aliphatic rings. The molecular formula is C28H32Zr. The average molecular weight is 460 g/mol. The largest absolute Gasteiger partial charge is 4.00 e. The van der Waals surface area contributed by atoms with Gasteiger partial charge in [-0.1, -0.05) is 39.8 Å². The molecule has 0 aliphatic heterocycles. The SMILES string of the molecule is Cc1cc[c-](C)c1.Cc1cc[c-](C)c1.[CH2-]c1ccccc1.[CH2-]c1ccccc1.[Zr+4]. The first-order chi connectivity index (χ1) is 13.4. The zero-order chi connectivity index (χ0) is 20.8. The van der Waals surface area contributed by atoms with Gasteiger partial charge in [-0.15, -0.1) is 24.3 Å². The van der Waals surface area contributed by atoms with E-state index in [1.165, 1.54) is 22.3 Å². The van der Waals surface area contributed by atoms with Gasteiger partial charge < -0.3 is 0 Å². The molecule has 148 valence electrons. The summed E-state index contributed by atoms with van der Waals surface area (Å²) in [6.45, 7) is 15.9. The van der Waals surface area contributed by atoms with Crippen LogP contribution < -0.4 is 0 Å². The maximum Gasteiger partial charge on any atom is 4.00 e. The number of rotatable bonds is 0. The molecule has 0 nitrogen and oxygen atoms in total. The van der Waals surface area contributed by atoms with Crippen LogP contribution >= 0.6 is 0 Å². The third-order valence-corrected chi connectivity index (χ3v) is 3.81. The Balaban J connectivity index is 0.000000356. The molecule has 0 unspecified atom stereocenters. The van der Waals surface area contributed by atoms with E-state index < -0.39 is 0 Å². The third kappa shape index (κ3) is 14.4. The van der Waals surface area contributed by atoms with Gasteiger partial charge in [0.15, 0.2) is 0 Å². The number of hydrogen-bond donors (Lipinski definition) is 0. The first-order valence-corrected chi connectivity index (χ1v) is 9.50. The first-order valence-electron chi connectivity index (χ1n) is 9.50. The van der Waals surface area contributed by atoms with Crippen molar-refractivity contribution in [3.8, 4) is 0 Å². The normalized spacial score (nSPS) is 8.69. The van der Waals surface area contributed by atoms with Crippen LogP contribution in [-0.4, -0.2) is 0 Å². The van der Waals surface area contributed by atoms with Crippen molar-refractivity contribution in [3.63, 3.8) is 0 Å². The molecule has 0 aromatic heterocycles. The summed E-state index contributed by atoms with van der Waals surface area (Å²) in [6.07, 6.45) is 0. The minimum absolute atomic E-state index is 0. The quantitative estimate of drug-likeness (QED) is 0.235. The van der Waals surface area contributed by atoms with E-state index in [1.54, 1.807) is 0 Å². The van der Waals surface area contributed by atoms with Crippen molar-refractivity contribution < 1.29 is 26.2 Å². The van der Waals surface area contributed by atoms with Crippen LogP contribution in [0.15, 0.2) is 97.1 Å². The minimum Gasteiger partial charge on any atom is -0.211 e. The minimum atomic E-state index is 0. The van der Waals surface area contributed by atoms with Crippen molar-refractivity contribution >= 4 is 0 Å². The predicted octanol–water partition coefficient (Wildman–Crippen LogP) is 7.78. The van der Waals surface area contributed by atoms with E-state index in [-0.39, 0.29) is 26.2 Å². The Morgan fingerprint density at radius 2 is 0.862 bits per heavy atom. The summed E-state index contributed by atoms with van der Waals surface area (Å²) in [6, 6.07) is 32.6. The van der Waals surface area contributed by atoms with Crippen molar-refractivity contribution in [1.82, 2.24) is 0 Å². The zero-order valence-corrected chi connectivity index (χ0v) is 20.6. The van der Waals surface area contributed by atoms with E-state index in [4.69, 9.17) is 0 Å². The molecule has 0 amide bonds. The summed E-state index contributed by atoms with van der Waals surface area (Å²) in [5.41, 5.74) is 7.58. The molecule has 0 radical (unpaired) electrons. The molecular weight excluding hydrogens is 428 g/mol. The Bertz CT molecular complexity index is 758. The molecule has 1 heteroatoms. The monoisotopic (exact) mass is 458 g/mol. The predicted molar refractivity (Wildman–Crippen MR) is 125 cm³/mol. The van der Waals surface area contributed by atoms with Crippen LogP contribution in [0, 0.1) is 41.5 Å². The molecule has 0 heterocycles. The molecule has 0 bridgehead atoms. The van der Waals surface area contributed by atoms with Gasteiger partial charge in [0.1, 0.15) is 0 Å². The summed E-state index contributed by atoms with van der Waals surface area (Å²) in [5, 5.41) is 0. The maximum absolute atomic E-state index is 3.72. The molecule has 4 aromatic rings. The van der Waals surface area contributed by atoms with E-state index >= 15 is 0 Å². The van der Waals surface area contributed by atoms with Crippen LogP contribution in [0.2, 0.25) is 0 Å². The zero-order valence-electron chi connectivity index (χ0n) is 18.2. The summed E-state index contributed by atoms with van der Waals surface area (Å²) in [4.78, 5) is 0. The molecule has 4 rings (SSSR count). The molecule has 0 saturated carbocycles. The second-order valence-electron chi connectivity index (χ2n) is 6.90. The van der Waals surface area contributed by atoms with Crippen LogP contribution in [0.25, 0.3) is 0 Å². The number of benzene rings is 2. The van der Waals surface area contributed by atoms with Crippen molar-refractivity contribution in [1.29, 1.82) is 0 Å². The van der Waals surface area contributed by atoms with Gasteiger partial charge in [-0.05, 0) is 0 Å². The summed E-state index contributed by atoms with van der Waals surface area (Å²) in [5.74, 6) is 0. The van der Waals surface area contributed by atoms with Crippen LogP contribution in [0.5, 0.6) is 0 Å². The molecule has 29 heavy (non-hydrogen) atoms. The van der Waals surface area contributed by atoms with E-state index in [1.807, 2.05) is 60.7 Å². The van der Waals surface area contributed by atoms with Crippen molar-refractivity contribution in [2.45, 2.75) is 27.7 Å². The van der Waals surface area contributed by atoms with Gasteiger partial charge >= 0.3 is 26.2 Å². The third-order valence-electron chi connectivity index (χ3n) is 3.81. The maximum atomic E-state index is 3.72. The molecule has 0 saturated heterocycles. The van der Waals surface area contributed by atoms with E-state index in [0.717, 1.165) is 11.1 Å². The fourth-order valence-corrected chi connectivity index (χ4v) is 2.39.